The molecular formula is C15H20FIN4O. The summed E-state index contributed by atoms with van der Waals surface area (Å²) in [5, 5.41) is 8.87. The highest BCUT2D eigenvalue weighted by Gasteiger charge is 2.12. The van der Waals surface area contributed by atoms with Crippen molar-refractivity contribution in [2.75, 3.05) is 18.9 Å². The van der Waals surface area contributed by atoms with Gasteiger partial charge in [0, 0.05) is 18.8 Å². The minimum absolute atomic E-state index is 0. The Hall–Kier alpha value is -1.64. The highest BCUT2D eigenvalue weighted by molar-refractivity contribution is 14.0. The van der Waals surface area contributed by atoms with E-state index in [-0.39, 0.29) is 42.2 Å². The Balaban J connectivity index is 0.00000242. The lowest BCUT2D eigenvalue weighted by atomic mass is 10.2. The van der Waals surface area contributed by atoms with Crippen LogP contribution in [0.15, 0.2) is 41.4 Å². The summed E-state index contributed by atoms with van der Waals surface area (Å²) in [6, 6.07) is 5.97. The molecule has 1 aliphatic rings. The first kappa shape index (κ1) is 18.4. The van der Waals surface area contributed by atoms with Crippen LogP contribution in [0, 0.1) is 5.82 Å². The van der Waals surface area contributed by atoms with Gasteiger partial charge in [-0.15, -0.1) is 24.0 Å². The maximum atomic E-state index is 12.8. The lowest BCUT2D eigenvalue weighted by molar-refractivity contribution is -0.115. The van der Waals surface area contributed by atoms with E-state index in [1.165, 1.54) is 24.3 Å². The molecule has 1 aromatic carbocycles. The number of halogens is 2. The molecule has 3 N–H and O–H groups in total. The summed E-state index contributed by atoms with van der Waals surface area (Å²) in [5.74, 6) is 0.0490. The fourth-order valence-electron chi connectivity index (χ4n) is 2.03. The Bertz CT molecular complexity index is 537. The topological polar surface area (TPSA) is 65.5 Å². The van der Waals surface area contributed by atoms with Crippen molar-refractivity contribution >= 4 is 41.5 Å². The van der Waals surface area contributed by atoms with Crippen LogP contribution in [0.3, 0.4) is 0 Å². The summed E-state index contributed by atoms with van der Waals surface area (Å²) in [6.45, 7) is 0.0944. The van der Waals surface area contributed by atoms with E-state index in [0.29, 0.717) is 17.7 Å². The number of rotatable bonds is 4. The van der Waals surface area contributed by atoms with Crippen LogP contribution in [0.4, 0.5) is 10.1 Å². The number of hydrogen-bond donors (Lipinski definition) is 3. The standard InChI is InChI=1S/C15H19FN4O.HI/c1-17-15(20-12-4-2-3-5-12)18-10-14(21)19-13-8-6-11(16)7-9-13;/h2-3,6-9,12H,4-5,10H2,1H3,(H,19,21)(H2,17,18,20);1H. The zero-order chi connectivity index (χ0) is 15.1. The van der Waals surface area contributed by atoms with Crippen molar-refractivity contribution in [2.45, 2.75) is 18.9 Å². The van der Waals surface area contributed by atoms with E-state index in [1.807, 2.05) is 0 Å². The van der Waals surface area contributed by atoms with Crippen LogP contribution >= 0.6 is 24.0 Å². The van der Waals surface area contributed by atoms with Gasteiger partial charge in [-0.05, 0) is 37.1 Å². The molecule has 0 saturated carbocycles. The number of anilines is 1. The smallest absolute Gasteiger partial charge is 0.243 e. The van der Waals surface area contributed by atoms with E-state index in [0.717, 1.165) is 12.8 Å². The van der Waals surface area contributed by atoms with Crippen LogP contribution < -0.4 is 16.0 Å². The zero-order valence-electron chi connectivity index (χ0n) is 12.3. The van der Waals surface area contributed by atoms with Gasteiger partial charge in [0.05, 0.1) is 6.54 Å². The lowest BCUT2D eigenvalue weighted by Gasteiger charge is -2.16. The van der Waals surface area contributed by atoms with Gasteiger partial charge in [0.25, 0.3) is 0 Å². The number of aliphatic imine (C=N–C) groups is 1. The molecule has 0 spiro atoms. The molecule has 0 atom stereocenters. The monoisotopic (exact) mass is 418 g/mol. The number of nitrogens with zero attached hydrogens (tertiary/aromatic N) is 1. The number of nitrogens with one attached hydrogen (secondary N) is 3. The molecule has 0 bridgehead atoms. The van der Waals surface area contributed by atoms with E-state index in [1.54, 1.807) is 7.05 Å². The molecule has 120 valence electrons. The molecule has 0 radical (unpaired) electrons. The summed E-state index contributed by atoms with van der Waals surface area (Å²) < 4.78 is 12.8. The highest BCUT2D eigenvalue weighted by Crippen LogP contribution is 2.09. The number of amides is 1. The van der Waals surface area contributed by atoms with Crippen LogP contribution in [0.1, 0.15) is 12.8 Å². The van der Waals surface area contributed by atoms with Crippen LogP contribution in [-0.2, 0) is 4.79 Å². The number of guanidine groups is 1. The van der Waals surface area contributed by atoms with Crippen LogP contribution in [0.25, 0.3) is 0 Å². The molecule has 22 heavy (non-hydrogen) atoms. The van der Waals surface area contributed by atoms with Crippen molar-refractivity contribution in [3.8, 4) is 0 Å². The number of carbonyl (C=O) groups is 1. The largest absolute Gasteiger partial charge is 0.353 e. The average molecular weight is 418 g/mol. The fraction of sp³-hybridized carbons (Fsp3) is 0.333. The van der Waals surface area contributed by atoms with Gasteiger partial charge in [-0.1, -0.05) is 12.2 Å². The van der Waals surface area contributed by atoms with Crippen molar-refractivity contribution in [3.05, 3.63) is 42.2 Å². The van der Waals surface area contributed by atoms with E-state index in [2.05, 4.69) is 33.1 Å². The van der Waals surface area contributed by atoms with Gasteiger partial charge in [-0.3, -0.25) is 9.79 Å². The number of benzene rings is 1. The Labute approximate surface area is 146 Å². The lowest BCUT2D eigenvalue weighted by Crippen LogP contribution is -2.45. The van der Waals surface area contributed by atoms with Gasteiger partial charge in [-0.25, -0.2) is 4.39 Å². The molecule has 2 rings (SSSR count). The normalized spacial score (nSPS) is 14.4. The van der Waals surface area contributed by atoms with Gasteiger partial charge in [0.1, 0.15) is 5.82 Å². The maximum absolute atomic E-state index is 12.8. The first-order valence-electron chi connectivity index (χ1n) is 6.85. The molecule has 0 fully saturated rings. The molecule has 1 aromatic rings. The fourth-order valence-corrected chi connectivity index (χ4v) is 2.03. The molecule has 7 heteroatoms. The molecule has 0 unspecified atom stereocenters. The second-order valence-corrected chi connectivity index (χ2v) is 4.76. The third kappa shape index (κ3) is 6.00. The van der Waals surface area contributed by atoms with Crippen LogP contribution in [0.2, 0.25) is 0 Å². The Morgan fingerprint density at radius 1 is 1.27 bits per heavy atom. The summed E-state index contributed by atoms with van der Waals surface area (Å²) >= 11 is 0. The number of carbonyl (C=O) groups excluding carboxylic acids is 1. The highest BCUT2D eigenvalue weighted by atomic mass is 127. The van der Waals surface area contributed by atoms with Crippen molar-refractivity contribution in [3.63, 3.8) is 0 Å². The molecule has 0 saturated heterocycles. The Kier molecular flexibility index (Phi) is 7.86. The molecule has 0 aromatic heterocycles. The van der Waals surface area contributed by atoms with Gasteiger partial charge < -0.3 is 16.0 Å². The van der Waals surface area contributed by atoms with Crippen molar-refractivity contribution in [1.29, 1.82) is 0 Å². The minimum atomic E-state index is -0.333. The Morgan fingerprint density at radius 3 is 2.50 bits per heavy atom. The first-order chi connectivity index (χ1) is 10.2. The van der Waals surface area contributed by atoms with Crippen molar-refractivity contribution in [1.82, 2.24) is 10.6 Å². The summed E-state index contributed by atoms with van der Waals surface area (Å²) in [4.78, 5) is 15.9. The van der Waals surface area contributed by atoms with E-state index >= 15 is 0 Å². The molecule has 5 nitrogen and oxygen atoms in total. The van der Waals surface area contributed by atoms with Crippen molar-refractivity contribution < 1.29 is 9.18 Å². The minimum Gasteiger partial charge on any atom is -0.353 e. The molecule has 1 amide bonds. The van der Waals surface area contributed by atoms with Gasteiger partial charge in [-0.2, -0.15) is 0 Å². The summed E-state index contributed by atoms with van der Waals surface area (Å²) in [7, 11) is 1.66. The molecular weight excluding hydrogens is 398 g/mol. The molecule has 0 heterocycles. The van der Waals surface area contributed by atoms with Gasteiger partial charge >= 0.3 is 0 Å². The van der Waals surface area contributed by atoms with E-state index in [9.17, 15) is 9.18 Å². The SMILES string of the molecule is CN=C(NCC(=O)Nc1ccc(F)cc1)NC1CC=CC1.I. The van der Waals surface area contributed by atoms with Gasteiger partial charge in [0.15, 0.2) is 5.96 Å². The Morgan fingerprint density at radius 2 is 1.91 bits per heavy atom. The first-order valence-corrected chi connectivity index (χ1v) is 6.85. The number of hydrogen-bond acceptors (Lipinski definition) is 2. The average Bonchev–Trinajstić information content (AvgIpc) is 2.99. The zero-order valence-corrected chi connectivity index (χ0v) is 14.6. The second-order valence-electron chi connectivity index (χ2n) is 4.76. The molecule has 1 aliphatic carbocycles. The van der Waals surface area contributed by atoms with E-state index in [4.69, 9.17) is 0 Å². The third-order valence-corrected chi connectivity index (χ3v) is 3.12. The second kappa shape index (κ2) is 9.39. The predicted octanol–water partition coefficient (Wildman–Crippen LogP) is 2.27. The van der Waals surface area contributed by atoms with Crippen molar-refractivity contribution in [2.24, 2.45) is 4.99 Å². The summed E-state index contributed by atoms with van der Waals surface area (Å²) in [6.07, 6.45) is 6.16. The van der Waals surface area contributed by atoms with E-state index < -0.39 is 0 Å². The molecule has 0 aliphatic heterocycles. The summed E-state index contributed by atoms with van der Waals surface area (Å²) in [5.41, 5.74) is 0.561. The van der Waals surface area contributed by atoms with Crippen LogP contribution in [-0.4, -0.2) is 31.5 Å². The maximum Gasteiger partial charge on any atom is 0.243 e. The predicted molar refractivity (Wildman–Crippen MR) is 97.1 cm³/mol. The van der Waals surface area contributed by atoms with Crippen LogP contribution in [0.5, 0.6) is 0 Å². The van der Waals surface area contributed by atoms with Gasteiger partial charge in [0.2, 0.25) is 5.91 Å². The third-order valence-electron chi connectivity index (χ3n) is 3.12. The quantitative estimate of drug-likeness (QED) is 0.304.